The van der Waals surface area contributed by atoms with E-state index >= 15 is 0 Å². The van der Waals surface area contributed by atoms with Gasteiger partial charge in [0.2, 0.25) is 0 Å². The van der Waals surface area contributed by atoms with E-state index in [1.54, 1.807) is 12.4 Å². The van der Waals surface area contributed by atoms with E-state index in [-0.39, 0.29) is 0 Å². The summed E-state index contributed by atoms with van der Waals surface area (Å²) in [6.45, 7) is 5.62. The lowest BCUT2D eigenvalue weighted by molar-refractivity contribution is 0.295. The monoisotopic (exact) mass is 350 g/mol. The van der Waals surface area contributed by atoms with Crippen LogP contribution in [0, 0.1) is 0 Å². The Morgan fingerprint density at radius 1 is 1.00 bits per heavy atom. The van der Waals surface area contributed by atoms with E-state index in [2.05, 4.69) is 26.9 Å². The molecule has 0 saturated heterocycles. The van der Waals surface area contributed by atoms with Crippen molar-refractivity contribution in [1.29, 1.82) is 0 Å². The highest BCUT2D eigenvalue weighted by atomic mass is 15.2. The zero-order valence-corrected chi connectivity index (χ0v) is 15.1. The molecule has 0 amide bonds. The van der Waals surface area contributed by atoms with Crippen LogP contribution in [-0.4, -0.2) is 59.1 Å². The molecule has 0 saturated carbocycles. The molecule has 4 rings (SSSR count). The summed E-state index contributed by atoms with van der Waals surface area (Å²) in [5.41, 5.74) is 9.31. The van der Waals surface area contributed by atoms with E-state index < -0.39 is 0 Å². The summed E-state index contributed by atoms with van der Waals surface area (Å²) >= 11 is 0. The molecule has 4 heterocycles. The summed E-state index contributed by atoms with van der Waals surface area (Å²) in [6, 6.07) is 3.97. The minimum atomic E-state index is 0.702. The van der Waals surface area contributed by atoms with E-state index in [1.807, 2.05) is 12.1 Å². The van der Waals surface area contributed by atoms with Crippen LogP contribution in [0.25, 0.3) is 11.4 Å². The number of nitrogens with zero attached hydrogens (tertiary/aromatic N) is 5. The molecule has 2 aromatic heterocycles. The number of nitrogens with two attached hydrogens (primary N) is 1. The Balaban J connectivity index is 1.75. The average molecular weight is 350 g/mol. The Bertz CT molecular complexity index is 773. The van der Waals surface area contributed by atoms with Gasteiger partial charge in [-0.3, -0.25) is 4.98 Å². The number of fused-ring (bicyclic) bond motifs is 1. The molecule has 0 spiro atoms. The van der Waals surface area contributed by atoms with E-state index in [0.29, 0.717) is 6.54 Å². The molecule has 26 heavy (non-hydrogen) atoms. The van der Waals surface area contributed by atoms with Gasteiger partial charge >= 0.3 is 0 Å². The maximum absolute atomic E-state index is 5.77. The first-order valence-electron chi connectivity index (χ1n) is 9.47. The third kappa shape index (κ3) is 3.61. The number of anilines is 1. The van der Waals surface area contributed by atoms with Crippen LogP contribution < -0.4 is 10.6 Å². The van der Waals surface area contributed by atoms with Gasteiger partial charge in [-0.05, 0) is 25.0 Å². The normalized spacial score (nSPS) is 17.8. The Morgan fingerprint density at radius 3 is 2.62 bits per heavy atom. The van der Waals surface area contributed by atoms with Crippen LogP contribution in [0.2, 0.25) is 0 Å². The second kappa shape index (κ2) is 7.93. The first kappa shape index (κ1) is 17.1. The largest absolute Gasteiger partial charge is 0.352 e. The lowest BCUT2D eigenvalue weighted by Gasteiger charge is -2.28. The fraction of sp³-hybridized carbons (Fsp3) is 0.450. The van der Waals surface area contributed by atoms with Gasteiger partial charge in [0.05, 0.1) is 5.69 Å². The zero-order valence-electron chi connectivity index (χ0n) is 15.1. The van der Waals surface area contributed by atoms with Crippen LogP contribution in [-0.2, 0) is 12.8 Å². The molecule has 2 aliphatic heterocycles. The predicted molar refractivity (Wildman–Crippen MR) is 104 cm³/mol. The van der Waals surface area contributed by atoms with Crippen molar-refractivity contribution in [3.05, 3.63) is 47.9 Å². The van der Waals surface area contributed by atoms with Crippen molar-refractivity contribution in [2.75, 3.05) is 44.2 Å². The number of rotatable bonds is 4. The number of pyridine rings is 1. The average Bonchev–Trinajstić information content (AvgIpc) is 2.91. The summed E-state index contributed by atoms with van der Waals surface area (Å²) in [7, 11) is 0. The van der Waals surface area contributed by atoms with Crippen LogP contribution in [0.4, 0.5) is 5.82 Å². The molecule has 0 bridgehead atoms. The summed E-state index contributed by atoms with van der Waals surface area (Å²) in [4.78, 5) is 18.9. The fourth-order valence-corrected chi connectivity index (χ4v) is 3.76. The smallest absolute Gasteiger partial charge is 0.161 e. The Hall–Kier alpha value is -2.31. The number of hydrogen-bond donors (Lipinski definition) is 1. The van der Waals surface area contributed by atoms with Crippen molar-refractivity contribution in [1.82, 2.24) is 19.9 Å². The minimum Gasteiger partial charge on any atom is -0.352 e. The lowest BCUT2D eigenvalue weighted by Crippen LogP contribution is -2.32. The molecule has 2 aromatic rings. The van der Waals surface area contributed by atoms with Gasteiger partial charge in [-0.2, -0.15) is 0 Å². The van der Waals surface area contributed by atoms with Gasteiger partial charge in [0, 0.05) is 69.2 Å². The molecule has 6 heteroatoms. The van der Waals surface area contributed by atoms with Crippen LogP contribution >= 0.6 is 0 Å². The van der Waals surface area contributed by atoms with Gasteiger partial charge in [-0.15, -0.1) is 0 Å². The van der Waals surface area contributed by atoms with Gasteiger partial charge in [0.25, 0.3) is 0 Å². The molecule has 0 unspecified atom stereocenters. The molecule has 0 atom stereocenters. The van der Waals surface area contributed by atoms with Gasteiger partial charge in [0.1, 0.15) is 5.82 Å². The zero-order chi connectivity index (χ0) is 17.8. The Kier molecular flexibility index (Phi) is 5.22. The van der Waals surface area contributed by atoms with Crippen molar-refractivity contribution in [2.45, 2.75) is 19.3 Å². The molecule has 0 aromatic carbocycles. The minimum absolute atomic E-state index is 0.702. The van der Waals surface area contributed by atoms with Crippen LogP contribution in [0.5, 0.6) is 0 Å². The highest BCUT2D eigenvalue weighted by Gasteiger charge is 2.23. The first-order chi connectivity index (χ1) is 12.8. The highest BCUT2D eigenvalue weighted by molar-refractivity contribution is 5.61. The van der Waals surface area contributed by atoms with Crippen molar-refractivity contribution in [3.63, 3.8) is 0 Å². The van der Waals surface area contributed by atoms with Gasteiger partial charge in [-0.1, -0.05) is 12.2 Å². The molecule has 136 valence electrons. The quantitative estimate of drug-likeness (QED) is 0.846. The summed E-state index contributed by atoms with van der Waals surface area (Å²) in [6.07, 6.45) is 11.1. The molecular formula is C20H26N6. The second-order valence-electron chi connectivity index (χ2n) is 6.87. The Labute approximate surface area is 154 Å². The van der Waals surface area contributed by atoms with Crippen LogP contribution in [0.15, 0.2) is 36.7 Å². The van der Waals surface area contributed by atoms with Gasteiger partial charge in [0.15, 0.2) is 5.82 Å². The van der Waals surface area contributed by atoms with Gasteiger partial charge in [-0.25, -0.2) is 9.97 Å². The fourth-order valence-electron chi connectivity index (χ4n) is 3.76. The molecule has 0 fully saturated rings. The summed E-state index contributed by atoms with van der Waals surface area (Å²) < 4.78 is 0. The maximum atomic E-state index is 5.77. The molecule has 2 aliphatic rings. The van der Waals surface area contributed by atoms with E-state index in [1.165, 1.54) is 11.3 Å². The van der Waals surface area contributed by atoms with Crippen LogP contribution in [0.1, 0.15) is 17.7 Å². The molecular weight excluding hydrogens is 324 g/mol. The second-order valence-corrected chi connectivity index (χ2v) is 6.87. The van der Waals surface area contributed by atoms with Crippen LogP contribution in [0.3, 0.4) is 0 Å². The SMILES string of the molecule is NCCN1CCc2nc(-c3ccncc3)nc(N3CC=CCC3)c2CC1. The topological polar surface area (TPSA) is 71.2 Å². The van der Waals surface area contributed by atoms with Crippen molar-refractivity contribution in [3.8, 4) is 11.4 Å². The van der Waals surface area contributed by atoms with E-state index in [0.717, 1.165) is 69.2 Å². The standard InChI is InChI=1S/C20H26N6/c21-8-15-25-13-6-17-18(7-14-25)23-19(16-4-9-22-10-5-16)24-20(17)26-11-2-1-3-12-26/h1-2,4-5,9-10H,3,6-8,11-15,21H2. The predicted octanol–water partition coefficient (Wildman–Crippen LogP) is 1.66. The third-order valence-corrected chi connectivity index (χ3v) is 5.16. The van der Waals surface area contributed by atoms with Crippen molar-refractivity contribution >= 4 is 5.82 Å². The maximum Gasteiger partial charge on any atom is 0.161 e. The van der Waals surface area contributed by atoms with Crippen molar-refractivity contribution in [2.24, 2.45) is 5.73 Å². The first-order valence-corrected chi connectivity index (χ1v) is 9.47. The Morgan fingerprint density at radius 2 is 1.85 bits per heavy atom. The summed E-state index contributed by atoms with van der Waals surface area (Å²) in [5.74, 6) is 1.92. The summed E-state index contributed by atoms with van der Waals surface area (Å²) in [5, 5.41) is 0. The molecule has 0 radical (unpaired) electrons. The van der Waals surface area contributed by atoms with E-state index in [9.17, 15) is 0 Å². The number of hydrogen-bond acceptors (Lipinski definition) is 6. The number of aromatic nitrogens is 3. The van der Waals surface area contributed by atoms with Crippen molar-refractivity contribution < 1.29 is 0 Å². The highest BCUT2D eigenvalue weighted by Crippen LogP contribution is 2.29. The van der Waals surface area contributed by atoms with E-state index in [4.69, 9.17) is 15.7 Å². The molecule has 0 aliphatic carbocycles. The lowest BCUT2D eigenvalue weighted by atomic mass is 10.1. The molecule has 6 nitrogen and oxygen atoms in total. The van der Waals surface area contributed by atoms with Gasteiger partial charge < -0.3 is 15.5 Å². The third-order valence-electron chi connectivity index (χ3n) is 5.16. The molecule has 2 N–H and O–H groups in total.